The van der Waals surface area contributed by atoms with E-state index in [0.29, 0.717) is 16.8 Å². The largest absolute Gasteiger partial charge is 0.379 e. The van der Waals surface area contributed by atoms with E-state index in [1.807, 2.05) is 6.07 Å². The van der Waals surface area contributed by atoms with Gasteiger partial charge in [0.2, 0.25) is 5.69 Å². The summed E-state index contributed by atoms with van der Waals surface area (Å²) in [6.45, 7) is 17.4. The molecular formula is C26H32N4O2. The van der Waals surface area contributed by atoms with Crippen molar-refractivity contribution in [1.29, 1.82) is 0 Å². The molecule has 1 atom stereocenters. The summed E-state index contributed by atoms with van der Waals surface area (Å²) < 4.78 is 5.52. The van der Waals surface area contributed by atoms with Crippen molar-refractivity contribution in [1.82, 2.24) is 9.88 Å². The Kier molecular flexibility index (Phi) is 6.50. The van der Waals surface area contributed by atoms with Crippen LogP contribution in [0.4, 0.5) is 11.4 Å². The van der Waals surface area contributed by atoms with Crippen molar-refractivity contribution in [3.63, 3.8) is 0 Å². The summed E-state index contributed by atoms with van der Waals surface area (Å²) in [7, 11) is 0. The molecule has 2 N–H and O–H groups in total. The van der Waals surface area contributed by atoms with E-state index < -0.39 is 0 Å². The first-order valence-corrected chi connectivity index (χ1v) is 11.4. The smallest absolute Gasteiger partial charge is 0.270 e. The average Bonchev–Trinajstić information content (AvgIpc) is 3.29. The van der Waals surface area contributed by atoms with Gasteiger partial charge in [0.15, 0.2) is 0 Å². The lowest BCUT2D eigenvalue weighted by atomic mass is 9.76. The van der Waals surface area contributed by atoms with Crippen LogP contribution in [0.25, 0.3) is 10.4 Å². The number of aromatic amines is 1. The number of rotatable bonds is 5. The molecule has 168 valence electrons. The Morgan fingerprint density at radius 3 is 2.72 bits per heavy atom. The first-order chi connectivity index (χ1) is 15.4. The molecule has 0 saturated carbocycles. The maximum absolute atomic E-state index is 12.9. The number of nitrogens with one attached hydrogen (secondary N) is 2. The zero-order valence-corrected chi connectivity index (χ0v) is 19.2. The normalized spacial score (nSPS) is 19.6. The molecule has 6 nitrogen and oxygen atoms in total. The van der Waals surface area contributed by atoms with Gasteiger partial charge in [0.1, 0.15) is 0 Å². The van der Waals surface area contributed by atoms with Gasteiger partial charge < -0.3 is 15.0 Å². The molecule has 0 bridgehead atoms. The van der Waals surface area contributed by atoms with Crippen LogP contribution in [-0.4, -0.2) is 42.1 Å². The summed E-state index contributed by atoms with van der Waals surface area (Å²) in [4.78, 5) is 21.6. The molecule has 0 radical (unpaired) electrons. The summed E-state index contributed by atoms with van der Waals surface area (Å²) in [5.74, 6) is -0.230. The minimum Gasteiger partial charge on any atom is -0.379 e. The average molecular weight is 433 g/mol. The third kappa shape index (κ3) is 4.95. The van der Waals surface area contributed by atoms with Crippen molar-refractivity contribution in [2.45, 2.75) is 46.1 Å². The van der Waals surface area contributed by atoms with Gasteiger partial charge in [-0.3, -0.25) is 9.69 Å². The molecule has 1 fully saturated rings. The second kappa shape index (κ2) is 9.32. The molecule has 1 unspecified atom stereocenters. The first-order valence-electron chi connectivity index (χ1n) is 11.4. The van der Waals surface area contributed by atoms with Crippen molar-refractivity contribution < 1.29 is 9.53 Å². The fraction of sp³-hybridized carbons (Fsp3) is 0.462. The quantitative estimate of drug-likeness (QED) is 0.587. The molecule has 32 heavy (non-hydrogen) atoms. The minimum absolute atomic E-state index is 0.230. The van der Waals surface area contributed by atoms with Crippen LogP contribution in [0.1, 0.15) is 67.7 Å². The highest BCUT2D eigenvalue weighted by Gasteiger charge is 2.25. The molecule has 1 aliphatic carbocycles. The number of allylic oxidation sites excluding steroid dienone is 2. The van der Waals surface area contributed by atoms with Crippen molar-refractivity contribution in [3.05, 3.63) is 64.8 Å². The molecule has 1 aromatic carbocycles. The van der Waals surface area contributed by atoms with Gasteiger partial charge in [-0.15, -0.1) is 0 Å². The number of nitrogens with zero attached hydrogens (tertiary/aromatic N) is 2. The third-order valence-electron chi connectivity index (χ3n) is 6.73. The van der Waals surface area contributed by atoms with Crippen LogP contribution in [0.3, 0.4) is 0 Å². The van der Waals surface area contributed by atoms with Crippen molar-refractivity contribution >= 4 is 22.9 Å². The van der Waals surface area contributed by atoms with Gasteiger partial charge in [0, 0.05) is 36.6 Å². The lowest BCUT2D eigenvalue weighted by Crippen LogP contribution is -2.38. The highest BCUT2D eigenvalue weighted by molar-refractivity contribution is 6.05. The van der Waals surface area contributed by atoms with Crippen molar-refractivity contribution in [2.24, 2.45) is 5.41 Å². The highest BCUT2D eigenvalue weighted by atomic mass is 16.5. The number of H-pyrrole nitrogens is 1. The number of hydrogen-bond acceptors (Lipinski definition) is 3. The van der Waals surface area contributed by atoms with Crippen LogP contribution in [0.15, 0.2) is 36.5 Å². The number of amides is 1. The lowest BCUT2D eigenvalue weighted by Gasteiger charge is -2.33. The molecule has 1 aliphatic heterocycles. The Hall–Kier alpha value is -2.88. The number of carbonyl (C=O) groups is 1. The van der Waals surface area contributed by atoms with E-state index in [0.717, 1.165) is 56.8 Å². The number of morpholine rings is 1. The maximum Gasteiger partial charge on any atom is 0.270 e. The van der Waals surface area contributed by atoms with E-state index in [1.165, 1.54) is 11.1 Å². The second-order valence-electron chi connectivity index (χ2n) is 9.56. The van der Waals surface area contributed by atoms with Gasteiger partial charge in [-0.1, -0.05) is 26.0 Å². The molecule has 2 aliphatic rings. The molecule has 1 saturated heterocycles. The molecule has 1 aromatic heterocycles. The van der Waals surface area contributed by atoms with Gasteiger partial charge in [-0.25, -0.2) is 4.85 Å². The molecule has 2 heterocycles. The van der Waals surface area contributed by atoms with E-state index in [4.69, 9.17) is 11.3 Å². The predicted octanol–water partition coefficient (Wildman–Crippen LogP) is 5.80. The van der Waals surface area contributed by atoms with Gasteiger partial charge in [-0.05, 0) is 60.9 Å². The fourth-order valence-electron chi connectivity index (χ4n) is 4.46. The molecule has 6 heteroatoms. The van der Waals surface area contributed by atoms with E-state index in [1.54, 1.807) is 12.3 Å². The predicted molar refractivity (Wildman–Crippen MR) is 128 cm³/mol. The van der Waals surface area contributed by atoms with E-state index in [2.05, 4.69) is 59.0 Å². The Balaban J connectivity index is 1.64. The summed E-state index contributed by atoms with van der Waals surface area (Å²) in [5, 5.41) is 3.08. The van der Waals surface area contributed by atoms with Crippen LogP contribution in [0, 0.1) is 12.0 Å². The van der Waals surface area contributed by atoms with Crippen LogP contribution in [-0.2, 0) is 4.74 Å². The van der Waals surface area contributed by atoms with Crippen LogP contribution in [0.5, 0.6) is 0 Å². The van der Waals surface area contributed by atoms with Gasteiger partial charge in [-0.2, -0.15) is 0 Å². The minimum atomic E-state index is -0.230. The number of hydrogen-bond donors (Lipinski definition) is 2. The number of aromatic nitrogens is 1. The fourth-order valence-corrected chi connectivity index (χ4v) is 4.46. The summed E-state index contributed by atoms with van der Waals surface area (Å²) in [5.41, 5.74) is 5.60. The molecular weight excluding hydrogens is 400 g/mol. The van der Waals surface area contributed by atoms with Gasteiger partial charge in [0.05, 0.1) is 25.5 Å². The SMILES string of the molecule is [C-]#[N+]c1c[nH]c(C(=O)Nc2ccc(C(C)N3CCOCC3)cc2C2=CCC(C)(C)CC2)c1. The molecule has 2 aromatic rings. The van der Waals surface area contributed by atoms with Crippen LogP contribution < -0.4 is 5.32 Å². The monoisotopic (exact) mass is 432 g/mol. The highest BCUT2D eigenvalue weighted by Crippen LogP contribution is 2.41. The molecule has 0 spiro atoms. The standard InChI is InChI=1S/C26H32N4O2/c1-18(30-11-13-32-14-12-30)20-5-6-23(29-25(31)24-16-21(27-4)17-28-24)22(15-20)19-7-9-26(2,3)10-8-19/h5-7,15-18,28H,8-14H2,1-3H3,(H,29,31). The summed E-state index contributed by atoms with van der Waals surface area (Å²) >= 11 is 0. The zero-order chi connectivity index (χ0) is 22.7. The molecule has 4 rings (SSSR count). The Bertz CT molecular complexity index is 1050. The maximum atomic E-state index is 12.9. The third-order valence-corrected chi connectivity index (χ3v) is 6.73. The number of anilines is 1. The van der Waals surface area contributed by atoms with Crippen molar-refractivity contribution in [2.75, 3.05) is 31.6 Å². The first kappa shape index (κ1) is 22.3. The van der Waals surface area contributed by atoms with Crippen molar-refractivity contribution in [3.8, 4) is 0 Å². The summed E-state index contributed by atoms with van der Waals surface area (Å²) in [6.07, 6.45) is 7.05. The molecule has 1 amide bonds. The van der Waals surface area contributed by atoms with E-state index in [9.17, 15) is 4.79 Å². The number of benzene rings is 1. The summed E-state index contributed by atoms with van der Waals surface area (Å²) in [6, 6.07) is 8.26. The zero-order valence-electron chi connectivity index (χ0n) is 19.2. The number of carbonyl (C=O) groups excluding carboxylic acids is 1. The van der Waals surface area contributed by atoms with E-state index >= 15 is 0 Å². The topological polar surface area (TPSA) is 61.7 Å². The lowest BCUT2D eigenvalue weighted by molar-refractivity contribution is 0.0198. The Morgan fingerprint density at radius 2 is 2.06 bits per heavy atom. The van der Waals surface area contributed by atoms with Gasteiger partial charge in [0.25, 0.3) is 5.91 Å². The Labute approximate surface area is 190 Å². The van der Waals surface area contributed by atoms with Gasteiger partial charge >= 0.3 is 0 Å². The second-order valence-corrected chi connectivity index (χ2v) is 9.56. The van der Waals surface area contributed by atoms with E-state index in [-0.39, 0.29) is 11.9 Å². The number of ether oxygens (including phenoxy) is 1. The van der Waals surface area contributed by atoms with Crippen LogP contribution >= 0.6 is 0 Å². The Morgan fingerprint density at radius 1 is 1.28 bits per heavy atom. The van der Waals surface area contributed by atoms with Crippen LogP contribution in [0.2, 0.25) is 0 Å².